The van der Waals surface area contributed by atoms with Crippen molar-refractivity contribution in [3.63, 3.8) is 0 Å². The summed E-state index contributed by atoms with van der Waals surface area (Å²) in [6, 6.07) is 9.04. The summed E-state index contributed by atoms with van der Waals surface area (Å²) in [5, 5.41) is 18.0. The average molecular weight is 886 g/mol. The van der Waals surface area contributed by atoms with Gasteiger partial charge in [0.1, 0.15) is 24.3 Å². The Morgan fingerprint density at radius 3 is 1.87 bits per heavy atom. The zero-order chi connectivity index (χ0) is 39.5. The third kappa shape index (κ3) is 18.1. The third-order valence-corrected chi connectivity index (χ3v) is 7.90. The van der Waals surface area contributed by atoms with Crippen molar-refractivity contribution in [2.75, 3.05) is 17.8 Å². The van der Waals surface area contributed by atoms with Crippen molar-refractivity contribution >= 4 is 52.4 Å². The van der Waals surface area contributed by atoms with Gasteiger partial charge >= 0.3 is 41.5 Å². The van der Waals surface area contributed by atoms with Crippen molar-refractivity contribution in [2.45, 2.75) is 104 Å². The fraction of sp³-hybridized carbons (Fsp3) is 0.459. The van der Waals surface area contributed by atoms with Crippen LogP contribution in [0.3, 0.4) is 0 Å². The normalized spacial score (nSPS) is 13.6. The van der Waals surface area contributed by atoms with Crippen LogP contribution in [0.1, 0.15) is 79.0 Å². The molecule has 294 valence electrons. The Morgan fingerprint density at radius 2 is 1.42 bits per heavy atom. The maximum atomic E-state index is 11.5. The molecule has 0 unspecified atom stereocenters. The van der Waals surface area contributed by atoms with Crippen LogP contribution in [0.25, 0.3) is 29.0 Å². The number of H-pyrrole nitrogens is 1. The van der Waals surface area contributed by atoms with Crippen LogP contribution < -0.4 is 40.2 Å². The van der Waals surface area contributed by atoms with Crippen LogP contribution in [0, 0.1) is 13.8 Å². The maximum absolute atomic E-state index is 11.5. The molecule has 2 aliphatic carbocycles. The molecule has 0 saturated heterocycles. The van der Waals surface area contributed by atoms with Crippen LogP contribution in [-0.4, -0.2) is 88.8 Å². The number of carbonyl (C=O) groups excluding carboxylic acids is 2. The van der Waals surface area contributed by atoms with Crippen LogP contribution in [0.15, 0.2) is 53.2 Å². The third-order valence-electron chi connectivity index (χ3n) is 7.54. The van der Waals surface area contributed by atoms with Gasteiger partial charge in [-0.1, -0.05) is 22.6 Å². The molecule has 2 fully saturated rings. The second-order valence-corrected chi connectivity index (χ2v) is 13.5. The standard InChI is InChI=1S/C18H23N5O2.C12H15N5.C6H9IO2.CH3F.Na.H2O/c1-12(2)25-17(24)7-8-23-11-19-18(22-23)14-9-13(3)20-16(10-14)21-15-5-4-6-15;1-8-5-9(12-13-7-14-17-12)6-11(15-8)16-10-3-2-4-10;1-5(2)9-6(8)3-4-7;1-2;;/h7-12,15H,4-6H2,1-3H3,(H,20,21);5-7,10H,2-4H2,1H3,(H,15,16)(H,13,14,17);3-5H,1-2H3;1H3;;1H2/q;;;;+1;/p-1/b8-7-;;4-3-;;;/i;;;1D;;. The zero-order valence-corrected chi connectivity index (χ0v) is 36.7. The van der Waals surface area contributed by atoms with Gasteiger partial charge < -0.3 is 25.6 Å². The van der Waals surface area contributed by atoms with Crippen LogP contribution in [-0.2, 0) is 19.1 Å². The molecule has 0 spiro atoms. The fourth-order valence-electron chi connectivity index (χ4n) is 4.83. The second kappa shape index (κ2) is 26.1. The topological polar surface area (TPSA) is 205 Å². The van der Waals surface area contributed by atoms with Gasteiger partial charge in [-0.05, 0) is 108 Å². The summed E-state index contributed by atoms with van der Waals surface area (Å²) in [5.41, 5.74) is 3.82. The molecule has 0 radical (unpaired) electrons. The van der Waals surface area contributed by atoms with Gasteiger partial charge in [0.15, 0.2) is 11.6 Å². The SMILES string of the molecule is CC(C)OC(=O)/C=C\I.Cc1cc(-c2ncn(/C=C\C(=O)OC(C)C)n2)cc(NC2CCC2)n1.Cc1cc(-c2ncn[nH]2)cc(NC2CCC2)n1.[2H]CF.[Na+].[OH-]. The Balaban J connectivity index is 0.000000439. The van der Waals surface area contributed by atoms with E-state index in [4.69, 9.17) is 10.8 Å². The van der Waals surface area contributed by atoms with E-state index in [9.17, 15) is 14.0 Å². The van der Waals surface area contributed by atoms with E-state index in [1.807, 2.05) is 74.6 Å². The summed E-state index contributed by atoms with van der Waals surface area (Å²) >= 11 is 1.97. The van der Waals surface area contributed by atoms with Gasteiger partial charge in [-0.3, -0.25) is 9.49 Å². The Bertz CT molecular complexity index is 1810. The number of hydrogen-bond donors (Lipinski definition) is 3. The van der Waals surface area contributed by atoms with E-state index < -0.39 is 13.1 Å². The minimum Gasteiger partial charge on any atom is -0.870 e. The van der Waals surface area contributed by atoms with Gasteiger partial charge in [-0.2, -0.15) is 5.10 Å². The first-order valence-electron chi connectivity index (χ1n) is 18.1. The minimum absolute atomic E-state index is 0. The number of hydrogen-bond acceptors (Lipinski definition) is 13. The molecular weight excluding hydrogens is 833 g/mol. The van der Waals surface area contributed by atoms with Gasteiger partial charge in [0.25, 0.3) is 0 Å². The van der Waals surface area contributed by atoms with E-state index in [-0.39, 0.29) is 53.2 Å². The molecule has 0 bridgehead atoms. The van der Waals surface area contributed by atoms with E-state index >= 15 is 0 Å². The number of aryl methyl sites for hydroxylation is 2. The van der Waals surface area contributed by atoms with Crippen molar-refractivity contribution in [3.05, 3.63) is 64.5 Å². The van der Waals surface area contributed by atoms with E-state index in [0.717, 1.165) is 40.0 Å². The predicted octanol–water partition coefficient (Wildman–Crippen LogP) is 4.47. The molecule has 0 aromatic carbocycles. The molecule has 4 aromatic heterocycles. The first-order valence-corrected chi connectivity index (χ1v) is 18.6. The van der Waals surface area contributed by atoms with Gasteiger partial charge in [0, 0.05) is 53.0 Å². The number of nitrogens with zero attached hydrogens (tertiary/aromatic N) is 7. The molecule has 4 heterocycles. The Hall–Kier alpha value is -3.78. The fourth-order valence-corrected chi connectivity index (χ4v) is 5.12. The van der Waals surface area contributed by atoms with Crippen molar-refractivity contribution < 1.29 is 59.9 Å². The van der Waals surface area contributed by atoms with Crippen molar-refractivity contribution in [2.24, 2.45) is 0 Å². The maximum Gasteiger partial charge on any atom is 1.00 e. The molecule has 6 rings (SSSR count). The number of alkyl halides is 1. The quantitative estimate of drug-likeness (QED) is 0.0825. The smallest absolute Gasteiger partial charge is 0.870 e. The van der Waals surface area contributed by atoms with Crippen molar-refractivity contribution in [3.8, 4) is 22.8 Å². The first kappa shape index (κ1) is 47.4. The Morgan fingerprint density at radius 1 is 0.909 bits per heavy atom. The van der Waals surface area contributed by atoms with E-state index in [0.29, 0.717) is 17.9 Å². The number of aromatic nitrogens is 8. The van der Waals surface area contributed by atoms with Crippen LogP contribution in [0.4, 0.5) is 16.0 Å². The zero-order valence-electron chi connectivity index (χ0n) is 33.5. The van der Waals surface area contributed by atoms with Crippen molar-refractivity contribution in [1.29, 1.82) is 0 Å². The summed E-state index contributed by atoms with van der Waals surface area (Å²) in [6.45, 7) is 11.2. The molecule has 18 heteroatoms. The number of aromatic amines is 1. The number of ether oxygens (including phenoxy) is 2. The molecule has 15 nitrogen and oxygen atoms in total. The Kier molecular flexibility index (Phi) is 22.5. The largest absolute Gasteiger partial charge is 1.00 e. The summed E-state index contributed by atoms with van der Waals surface area (Å²) in [4.78, 5) is 39.6. The average Bonchev–Trinajstić information content (AvgIpc) is 3.77. The van der Waals surface area contributed by atoms with Gasteiger partial charge in [0.05, 0.1) is 20.7 Å². The molecule has 0 aliphatic heterocycles. The number of pyridine rings is 2. The van der Waals surface area contributed by atoms with Crippen LogP contribution >= 0.6 is 22.6 Å². The number of halogens is 2. The van der Waals surface area contributed by atoms with E-state index in [2.05, 4.69) is 45.9 Å². The first-order chi connectivity index (χ1) is 25.9. The summed E-state index contributed by atoms with van der Waals surface area (Å²) < 4.78 is 28.4. The number of carbonyl (C=O) groups is 2. The predicted molar refractivity (Wildman–Crippen MR) is 215 cm³/mol. The molecule has 4 N–H and O–H groups in total. The minimum atomic E-state index is -1.00. The molecule has 2 aliphatic rings. The molecule has 0 atom stereocenters. The second-order valence-electron chi connectivity index (χ2n) is 12.8. The molecule has 4 aromatic rings. The molecular formula is C37H51FIN10NaO5. The van der Waals surface area contributed by atoms with Crippen LogP contribution in [0.5, 0.6) is 0 Å². The number of nitrogens with one attached hydrogen (secondary N) is 3. The van der Waals surface area contributed by atoms with Crippen molar-refractivity contribution in [1.82, 2.24) is 39.9 Å². The number of anilines is 2. The Labute approximate surface area is 359 Å². The summed E-state index contributed by atoms with van der Waals surface area (Å²) in [6.07, 6.45) is 14.6. The molecule has 0 amide bonds. The van der Waals surface area contributed by atoms with Gasteiger partial charge in [-0.15, -0.1) is 5.10 Å². The monoisotopic (exact) mass is 885 g/mol. The van der Waals surface area contributed by atoms with Gasteiger partial charge in [0.2, 0.25) is 0 Å². The van der Waals surface area contributed by atoms with E-state index in [1.165, 1.54) is 67.9 Å². The number of rotatable bonds is 11. The molecule has 55 heavy (non-hydrogen) atoms. The number of esters is 2. The summed E-state index contributed by atoms with van der Waals surface area (Å²) in [5.74, 6) is 2.47. The van der Waals surface area contributed by atoms with Crippen LogP contribution in [0.2, 0.25) is 0 Å². The van der Waals surface area contributed by atoms with Gasteiger partial charge in [-0.25, -0.2) is 34.2 Å². The molecule has 2 saturated carbocycles. The summed E-state index contributed by atoms with van der Waals surface area (Å²) in [7, 11) is -1.00. The van der Waals surface area contributed by atoms with E-state index in [1.54, 1.807) is 24.3 Å².